The lowest BCUT2D eigenvalue weighted by Crippen LogP contribution is -2.34. The van der Waals surface area contributed by atoms with E-state index in [2.05, 4.69) is 11.8 Å². The van der Waals surface area contributed by atoms with Crippen molar-refractivity contribution < 1.29 is 5.11 Å². The Labute approximate surface area is 114 Å². The molecule has 1 aromatic rings. The smallest absolute Gasteiger partial charge is 0.155 e. The zero-order chi connectivity index (χ0) is 13.2. The van der Waals surface area contributed by atoms with E-state index in [0.717, 1.165) is 44.1 Å². The van der Waals surface area contributed by atoms with Gasteiger partial charge in [-0.3, -0.25) is 0 Å². The van der Waals surface area contributed by atoms with Crippen LogP contribution in [0, 0.1) is 5.92 Å². The highest BCUT2D eigenvalue weighted by molar-refractivity contribution is 5.04. The van der Waals surface area contributed by atoms with E-state index >= 15 is 0 Å². The molecule has 5 heteroatoms. The van der Waals surface area contributed by atoms with E-state index in [4.69, 9.17) is 10.1 Å². The molecule has 3 rings (SSSR count). The molecule has 0 aromatic carbocycles. The molecule has 19 heavy (non-hydrogen) atoms. The SMILES string of the molecule is CCN1CCCC(c2nc3n(n2)CC(CO)CC3)C1. The van der Waals surface area contributed by atoms with Crippen LogP contribution in [-0.2, 0) is 13.0 Å². The van der Waals surface area contributed by atoms with Crippen LogP contribution in [0.5, 0.6) is 0 Å². The second-order valence-electron chi connectivity index (χ2n) is 5.89. The number of fused-ring (bicyclic) bond motifs is 1. The topological polar surface area (TPSA) is 54.2 Å². The van der Waals surface area contributed by atoms with Crippen LogP contribution in [0.3, 0.4) is 0 Å². The Morgan fingerprint density at radius 1 is 1.32 bits per heavy atom. The Kier molecular flexibility index (Phi) is 3.84. The van der Waals surface area contributed by atoms with Crippen molar-refractivity contribution in [1.29, 1.82) is 0 Å². The number of piperidine rings is 1. The van der Waals surface area contributed by atoms with Crippen LogP contribution in [0.25, 0.3) is 0 Å². The molecule has 2 unspecified atom stereocenters. The van der Waals surface area contributed by atoms with E-state index in [1.165, 1.54) is 19.4 Å². The number of hydrogen-bond acceptors (Lipinski definition) is 4. The van der Waals surface area contributed by atoms with E-state index in [1.54, 1.807) is 0 Å². The first kappa shape index (κ1) is 13.1. The standard InChI is InChI=1S/C14H24N4O/c1-2-17-7-3-4-12(9-17)14-15-13-6-5-11(10-19)8-18(13)16-14/h11-12,19H,2-10H2,1H3. The lowest BCUT2D eigenvalue weighted by Gasteiger charge is -2.30. The van der Waals surface area contributed by atoms with Crippen molar-refractivity contribution in [3.05, 3.63) is 11.6 Å². The van der Waals surface area contributed by atoms with Crippen molar-refractivity contribution in [2.24, 2.45) is 5.92 Å². The molecule has 0 spiro atoms. The summed E-state index contributed by atoms with van der Waals surface area (Å²) in [5.74, 6) is 3.01. The fourth-order valence-electron chi connectivity index (χ4n) is 3.27. The fraction of sp³-hybridized carbons (Fsp3) is 0.857. The molecule has 2 aliphatic rings. The Bertz CT molecular complexity index is 431. The maximum absolute atomic E-state index is 9.27. The van der Waals surface area contributed by atoms with Crippen LogP contribution in [0.15, 0.2) is 0 Å². The van der Waals surface area contributed by atoms with E-state index in [0.29, 0.717) is 11.8 Å². The number of aromatic nitrogens is 3. The van der Waals surface area contributed by atoms with Gasteiger partial charge in [-0.2, -0.15) is 5.10 Å². The van der Waals surface area contributed by atoms with Gasteiger partial charge in [0.1, 0.15) is 5.82 Å². The fourth-order valence-corrected chi connectivity index (χ4v) is 3.27. The summed E-state index contributed by atoms with van der Waals surface area (Å²) >= 11 is 0. The monoisotopic (exact) mass is 264 g/mol. The molecule has 2 aliphatic heterocycles. The Hall–Kier alpha value is -0.940. The maximum atomic E-state index is 9.27. The highest BCUT2D eigenvalue weighted by Gasteiger charge is 2.27. The van der Waals surface area contributed by atoms with E-state index in [-0.39, 0.29) is 6.61 Å². The summed E-state index contributed by atoms with van der Waals surface area (Å²) in [7, 11) is 0. The van der Waals surface area contributed by atoms with E-state index < -0.39 is 0 Å². The third-order valence-electron chi connectivity index (χ3n) is 4.55. The van der Waals surface area contributed by atoms with Crippen molar-refractivity contribution in [1.82, 2.24) is 19.7 Å². The van der Waals surface area contributed by atoms with Crippen LogP contribution < -0.4 is 0 Å². The highest BCUT2D eigenvalue weighted by atomic mass is 16.3. The van der Waals surface area contributed by atoms with E-state index in [1.807, 2.05) is 4.68 Å². The molecule has 5 nitrogen and oxygen atoms in total. The predicted octanol–water partition coefficient (Wildman–Crippen LogP) is 1.03. The predicted molar refractivity (Wildman–Crippen MR) is 73.0 cm³/mol. The second kappa shape index (κ2) is 5.59. The number of likely N-dealkylation sites (tertiary alicyclic amines) is 1. The van der Waals surface area contributed by atoms with Gasteiger partial charge in [0.15, 0.2) is 5.82 Å². The lowest BCUT2D eigenvalue weighted by molar-refractivity contribution is 0.184. The van der Waals surface area contributed by atoms with Crippen LogP contribution in [0.2, 0.25) is 0 Å². The van der Waals surface area contributed by atoms with Crippen molar-refractivity contribution in [2.45, 2.75) is 45.1 Å². The molecule has 0 amide bonds. The number of hydrogen-bond donors (Lipinski definition) is 1. The number of rotatable bonds is 3. The van der Waals surface area contributed by atoms with Gasteiger partial charge in [0, 0.05) is 38.0 Å². The minimum atomic E-state index is 0.266. The van der Waals surface area contributed by atoms with Gasteiger partial charge in [0.25, 0.3) is 0 Å². The molecule has 1 fully saturated rings. The quantitative estimate of drug-likeness (QED) is 0.886. The largest absolute Gasteiger partial charge is 0.396 e. The van der Waals surface area contributed by atoms with Gasteiger partial charge in [-0.05, 0) is 32.4 Å². The van der Waals surface area contributed by atoms with Crippen LogP contribution in [-0.4, -0.2) is 51.0 Å². The molecule has 0 bridgehead atoms. The first-order valence-corrected chi connectivity index (χ1v) is 7.57. The molecule has 0 radical (unpaired) electrons. The number of aryl methyl sites for hydroxylation is 1. The third-order valence-corrected chi connectivity index (χ3v) is 4.55. The Morgan fingerprint density at radius 2 is 2.21 bits per heavy atom. The molecule has 1 saturated heterocycles. The first-order chi connectivity index (χ1) is 9.30. The summed E-state index contributed by atoms with van der Waals surface area (Å²) in [5, 5.41) is 14.0. The molecule has 1 aromatic heterocycles. The van der Waals surface area contributed by atoms with Crippen molar-refractivity contribution in [2.75, 3.05) is 26.2 Å². The summed E-state index contributed by atoms with van der Waals surface area (Å²) in [4.78, 5) is 7.25. The van der Waals surface area contributed by atoms with Gasteiger partial charge in [-0.15, -0.1) is 0 Å². The maximum Gasteiger partial charge on any atom is 0.155 e. The van der Waals surface area contributed by atoms with Gasteiger partial charge < -0.3 is 10.0 Å². The average Bonchev–Trinajstić information content (AvgIpc) is 2.90. The molecular weight excluding hydrogens is 240 g/mol. The number of aliphatic hydroxyl groups excluding tert-OH is 1. The second-order valence-corrected chi connectivity index (χ2v) is 5.89. The van der Waals surface area contributed by atoms with Crippen LogP contribution in [0.1, 0.15) is 43.8 Å². The molecule has 1 N–H and O–H groups in total. The molecule has 0 aliphatic carbocycles. The van der Waals surface area contributed by atoms with Crippen molar-refractivity contribution in [3.8, 4) is 0 Å². The minimum absolute atomic E-state index is 0.266. The summed E-state index contributed by atoms with van der Waals surface area (Å²) < 4.78 is 2.03. The van der Waals surface area contributed by atoms with Crippen LogP contribution in [0.4, 0.5) is 0 Å². The van der Waals surface area contributed by atoms with Crippen LogP contribution >= 0.6 is 0 Å². The third kappa shape index (κ3) is 2.67. The number of likely N-dealkylation sites (N-methyl/N-ethyl adjacent to an activating group) is 1. The van der Waals surface area contributed by atoms with Gasteiger partial charge >= 0.3 is 0 Å². The zero-order valence-corrected chi connectivity index (χ0v) is 11.8. The number of nitrogens with zero attached hydrogens (tertiary/aromatic N) is 4. The molecular formula is C14H24N4O. The number of aliphatic hydroxyl groups is 1. The zero-order valence-electron chi connectivity index (χ0n) is 11.8. The minimum Gasteiger partial charge on any atom is -0.396 e. The summed E-state index contributed by atoms with van der Waals surface area (Å²) in [6.07, 6.45) is 4.47. The van der Waals surface area contributed by atoms with E-state index in [9.17, 15) is 5.11 Å². The first-order valence-electron chi connectivity index (χ1n) is 7.57. The summed E-state index contributed by atoms with van der Waals surface area (Å²) in [5.41, 5.74) is 0. The van der Waals surface area contributed by atoms with Gasteiger partial charge in [0.2, 0.25) is 0 Å². The molecule has 0 saturated carbocycles. The molecule has 3 heterocycles. The average molecular weight is 264 g/mol. The summed E-state index contributed by atoms with van der Waals surface area (Å²) in [6.45, 7) is 6.76. The Morgan fingerprint density at radius 3 is 3.00 bits per heavy atom. The van der Waals surface area contributed by atoms with Gasteiger partial charge in [0.05, 0.1) is 0 Å². The normalized spacial score (nSPS) is 28.3. The Balaban J connectivity index is 1.74. The van der Waals surface area contributed by atoms with Crippen molar-refractivity contribution in [3.63, 3.8) is 0 Å². The molecule has 106 valence electrons. The van der Waals surface area contributed by atoms with Crippen molar-refractivity contribution >= 4 is 0 Å². The van der Waals surface area contributed by atoms with Gasteiger partial charge in [-0.25, -0.2) is 9.67 Å². The highest BCUT2D eigenvalue weighted by Crippen LogP contribution is 2.26. The van der Waals surface area contributed by atoms with Gasteiger partial charge in [-0.1, -0.05) is 6.92 Å². The summed E-state index contributed by atoms with van der Waals surface area (Å²) in [6, 6.07) is 0. The lowest BCUT2D eigenvalue weighted by atomic mass is 9.97. The molecule has 2 atom stereocenters.